The summed E-state index contributed by atoms with van der Waals surface area (Å²) in [6.07, 6.45) is 1.69. The summed E-state index contributed by atoms with van der Waals surface area (Å²) in [4.78, 5) is 12.6. The van der Waals surface area contributed by atoms with Gasteiger partial charge in [0, 0.05) is 19.8 Å². The molecule has 19 heavy (non-hydrogen) atoms. The lowest BCUT2D eigenvalue weighted by Gasteiger charge is -2.38. The molecule has 2 heterocycles. The molecule has 0 aromatic carbocycles. The van der Waals surface area contributed by atoms with Gasteiger partial charge in [0.15, 0.2) is 0 Å². The molecule has 2 fully saturated rings. The predicted molar refractivity (Wildman–Crippen MR) is 72.6 cm³/mol. The minimum atomic E-state index is -0.291. The molecule has 3 N–H and O–H groups in total. The molecule has 110 valence electrons. The molecule has 5 nitrogen and oxygen atoms in total. The fourth-order valence-electron chi connectivity index (χ4n) is 3.21. The largest absolute Gasteiger partial charge is 0.381 e. The first-order valence-corrected chi connectivity index (χ1v) is 7.24. The van der Waals surface area contributed by atoms with E-state index >= 15 is 0 Å². The number of carbonyl (C=O) groups is 1. The van der Waals surface area contributed by atoms with Gasteiger partial charge in [-0.1, -0.05) is 6.92 Å². The summed E-state index contributed by atoms with van der Waals surface area (Å²) in [5.41, 5.74) is 5.59. The average Bonchev–Trinajstić information content (AvgIpc) is 2.64. The van der Waals surface area contributed by atoms with Gasteiger partial charge in [-0.15, -0.1) is 0 Å². The summed E-state index contributed by atoms with van der Waals surface area (Å²) in [5, 5.41) is 3.18. The Morgan fingerprint density at radius 2 is 1.89 bits per heavy atom. The van der Waals surface area contributed by atoms with Crippen LogP contribution < -0.4 is 11.1 Å². The van der Waals surface area contributed by atoms with Gasteiger partial charge in [0.05, 0.1) is 23.7 Å². The molecule has 0 saturated carbocycles. The Bertz CT molecular complexity index is 329. The Morgan fingerprint density at radius 3 is 2.37 bits per heavy atom. The normalized spacial score (nSPS) is 38.1. The molecule has 2 aliphatic rings. The average molecular weight is 270 g/mol. The molecule has 1 amide bonds. The molecule has 0 aliphatic carbocycles. The standard InChI is InChI=1S/C14H26N2O3/c1-9-10(2)19-11(3)12(9)13(17)16-14(8-15)4-6-18-7-5-14/h9-12H,4-8,15H2,1-3H3,(H,16,17). The Labute approximate surface area is 115 Å². The van der Waals surface area contributed by atoms with Crippen LogP contribution in [0.25, 0.3) is 0 Å². The first kappa shape index (κ1) is 14.8. The summed E-state index contributed by atoms with van der Waals surface area (Å²) in [6, 6.07) is 0. The van der Waals surface area contributed by atoms with E-state index in [1.807, 2.05) is 13.8 Å². The summed E-state index contributed by atoms with van der Waals surface area (Å²) < 4.78 is 11.1. The van der Waals surface area contributed by atoms with E-state index < -0.39 is 0 Å². The second-order valence-corrected chi connectivity index (χ2v) is 6.02. The molecule has 0 spiro atoms. The molecule has 2 aliphatic heterocycles. The highest BCUT2D eigenvalue weighted by molar-refractivity contribution is 5.80. The van der Waals surface area contributed by atoms with E-state index in [0.29, 0.717) is 19.8 Å². The number of nitrogens with two attached hydrogens (primary N) is 1. The van der Waals surface area contributed by atoms with Crippen molar-refractivity contribution in [3.8, 4) is 0 Å². The van der Waals surface area contributed by atoms with E-state index in [-0.39, 0.29) is 35.5 Å². The zero-order valence-electron chi connectivity index (χ0n) is 12.1. The van der Waals surface area contributed by atoms with E-state index in [4.69, 9.17) is 15.2 Å². The van der Waals surface area contributed by atoms with Crippen LogP contribution in [-0.2, 0) is 14.3 Å². The molecular weight excluding hydrogens is 244 g/mol. The Morgan fingerprint density at radius 1 is 1.26 bits per heavy atom. The quantitative estimate of drug-likeness (QED) is 0.790. The van der Waals surface area contributed by atoms with Gasteiger partial charge in [-0.05, 0) is 32.6 Å². The van der Waals surface area contributed by atoms with Gasteiger partial charge in [-0.2, -0.15) is 0 Å². The van der Waals surface area contributed by atoms with Crippen LogP contribution in [0.4, 0.5) is 0 Å². The summed E-state index contributed by atoms with van der Waals surface area (Å²) in [5.74, 6) is 0.239. The highest BCUT2D eigenvalue weighted by Gasteiger charge is 2.44. The van der Waals surface area contributed by atoms with Crippen molar-refractivity contribution in [1.82, 2.24) is 5.32 Å². The maximum absolute atomic E-state index is 12.6. The Kier molecular flexibility index (Phi) is 4.48. The maximum atomic E-state index is 12.6. The second-order valence-electron chi connectivity index (χ2n) is 6.02. The fourth-order valence-corrected chi connectivity index (χ4v) is 3.21. The number of rotatable bonds is 3. The Balaban J connectivity index is 2.03. The number of carbonyl (C=O) groups excluding carboxylic acids is 1. The van der Waals surface area contributed by atoms with Crippen molar-refractivity contribution >= 4 is 5.91 Å². The van der Waals surface area contributed by atoms with Crippen molar-refractivity contribution in [3.05, 3.63) is 0 Å². The SMILES string of the molecule is CC1OC(C)C(C(=O)NC2(CN)CCOCC2)C1C. The van der Waals surface area contributed by atoms with Gasteiger partial charge in [-0.25, -0.2) is 0 Å². The van der Waals surface area contributed by atoms with Crippen LogP contribution in [0.2, 0.25) is 0 Å². The zero-order valence-corrected chi connectivity index (χ0v) is 12.1. The van der Waals surface area contributed by atoms with Crippen LogP contribution in [0.5, 0.6) is 0 Å². The first-order chi connectivity index (χ1) is 8.99. The van der Waals surface area contributed by atoms with Gasteiger partial charge in [0.25, 0.3) is 0 Å². The molecule has 4 atom stereocenters. The van der Waals surface area contributed by atoms with Crippen molar-refractivity contribution in [1.29, 1.82) is 0 Å². The first-order valence-electron chi connectivity index (χ1n) is 7.24. The van der Waals surface area contributed by atoms with Crippen LogP contribution in [0, 0.1) is 11.8 Å². The minimum absolute atomic E-state index is 0.0281. The summed E-state index contributed by atoms with van der Waals surface area (Å²) in [7, 11) is 0. The van der Waals surface area contributed by atoms with E-state index in [2.05, 4.69) is 12.2 Å². The van der Waals surface area contributed by atoms with Crippen LogP contribution in [0.1, 0.15) is 33.6 Å². The topological polar surface area (TPSA) is 73.6 Å². The third kappa shape index (κ3) is 2.93. The van der Waals surface area contributed by atoms with E-state index in [1.54, 1.807) is 0 Å². The summed E-state index contributed by atoms with van der Waals surface area (Å²) >= 11 is 0. The van der Waals surface area contributed by atoms with Gasteiger partial charge in [0.2, 0.25) is 5.91 Å². The molecule has 5 heteroatoms. The molecular formula is C14H26N2O3. The highest BCUT2D eigenvalue weighted by Crippen LogP contribution is 2.33. The molecule has 0 radical (unpaired) electrons. The maximum Gasteiger partial charge on any atom is 0.226 e. The van der Waals surface area contributed by atoms with Crippen LogP contribution in [0.15, 0.2) is 0 Å². The molecule has 2 saturated heterocycles. The lowest BCUT2D eigenvalue weighted by Crippen LogP contribution is -2.58. The van der Waals surface area contributed by atoms with Crippen molar-refractivity contribution in [2.24, 2.45) is 17.6 Å². The number of nitrogens with one attached hydrogen (secondary N) is 1. The lowest BCUT2D eigenvalue weighted by atomic mass is 9.85. The fraction of sp³-hybridized carbons (Fsp3) is 0.929. The summed E-state index contributed by atoms with van der Waals surface area (Å²) in [6.45, 7) is 7.89. The molecule has 0 aromatic rings. The molecule has 0 bridgehead atoms. The van der Waals surface area contributed by atoms with Crippen LogP contribution in [-0.4, -0.2) is 43.4 Å². The van der Waals surface area contributed by atoms with Crippen LogP contribution >= 0.6 is 0 Å². The molecule has 0 aromatic heterocycles. The number of hydrogen-bond acceptors (Lipinski definition) is 4. The van der Waals surface area contributed by atoms with E-state index in [9.17, 15) is 4.79 Å². The van der Waals surface area contributed by atoms with E-state index in [1.165, 1.54) is 0 Å². The number of amides is 1. The molecule has 4 unspecified atom stereocenters. The smallest absolute Gasteiger partial charge is 0.226 e. The Hall–Kier alpha value is -0.650. The third-order valence-corrected chi connectivity index (χ3v) is 4.77. The van der Waals surface area contributed by atoms with Crippen molar-refractivity contribution in [2.75, 3.05) is 19.8 Å². The van der Waals surface area contributed by atoms with Gasteiger partial charge < -0.3 is 20.5 Å². The number of hydrogen-bond donors (Lipinski definition) is 2. The molecule has 2 rings (SSSR count). The van der Waals surface area contributed by atoms with Gasteiger partial charge >= 0.3 is 0 Å². The monoisotopic (exact) mass is 270 g/mol. The predicted octanol–water partition coefficient (Wildman–Crippen LogP) is 0.670. The van der Waals surface area contributed by atoms with Crippen molar-refractivity contribution < 1.29 is 14.3 Å². The van der Waals surface area contributed by atoms with Gasteiger partial charge in [0.1, 0.15) is 0 Å². The number of ether oxygens (including phenoxy) is 2. The second kappa shape index (κ2) is 5.77. The van der Waals surface area contributed by atoms with Gasteiger partial charge in [-0.3, -0.25) is 4.79 Å². The van der Waals surface area contributed by atoms with Crippen molar-refractivity contribution in [3.63, 3.8) is 0 Å². The lowest BCUT2D eigenvalue weighted by molar-refractivity contribution is -0.130. The third-order valence-electron chi connectivity index (χ3n) is 4.77. The highest BCUT2D eigenvalue weighted by atomic mass is 16.5. The van der Waals surface area contributed by atoms with E-state index in [0.717, 1.165) is 12.8 Å². The van der Waals surface area contributed by atoms with Crippen LogP contribution in [0.3, 0.4) is 0 Å². The van der Waals surface area contributed by atoms with Crippen molar-refractivity contribution in [2.45, 2.75) is 51.4 Å². The zero-order chi connectivity index (χ0) is 14.0. The minimum Gasteiger partial charge on any atom is -0.381 e.